The van der Waals surface area contributed by atoms with Gasteiger partial charge in [-0.3, -0.25) is 0 Å². The van der Waals surface area contributed by atoms with Crippen molar-refractivity contribution >= 4 is 32.0 Å². The third kappa shape index (κ3) is 7.48. The summed E-state index contributed by atoms with van der Waals surface area (Å²) < 4.78 is 11.3. The molecule has 1 aromatic rings. The summed E-state index contributed by atoms with van der Waals surface area (Å²) in [6.45, 7) is 12.4. The van der Waals surface area contributed by atoms with E-state index in [9.17, 15) is 4.79 Å². The van der Waals surface area contributed by atoms with Crippen LogP contribution in [0, 0.1) is 17.8 Å². The molecule has 3 nitrogen and oxygen atoms in total. The fraction of sp³-hybridized carbons (Fsp3) is 0.450. The zero-order chi connectivity index (χ0) is 19.1. The van der Waals surface area contributed by atoms with Crippen molar-refractivity contribution in [3.05, 3.63) is 40.9 Å². The van der Waals surface area contributed by atoms with Gasteiger partial charge in [0.1, 0.15) is 5.60 Å². The van der Waals surface area contributed by atoms with Crippen molar-refractivity contribution in [1.29, 1.82) is 0 Å². The summed E-state index contributed by atoms with van der Waals surface area (Å²) in [5.41, 5.74) is 0.142. The number of benzene rings is 1. The molecule has 0 heterocycles. The Morgan fingerprint density at radius 1 is 1.28 bits per heavy atom. The van der Waals surface area contributed by atoms with Crippen LogP contribution in [0.25, 0.3) is 6.08 Å². The van der Waals surface area contributed by atoms with Crippen LogP contribution < -0.4 is 0 Å². The van der Waals surface area contributed by atoms with Crippen LogP contribution in [0.4, 0.5) is 0 Å². The van der Waals surface area contributed by atoms with Crippen molar-refractivity contribution < 1.29 is 14.0 Å². The summed E-state index contributed by atoms with van der Waals surface area (Å²) in [7, 11) is -1.92. The lowest BCUT2D eigenvalue weighted by Crippen LogP contribution is -2.44. The summed E-state index contributed by atoms with van der Waals surface area (Å²) >= 11 is 5.94. The van der Waals surface area contributed by atoms with Gasteiger partial charge in [0, 0.05) is 10.9 Å². The third-order valence-electron chi connectivity index (χ3n) is 3.36. The number of carbonyl (C=O) groups excluding carboxylic acids is 1. The number of hydrogen-bond acceptors (Lipinski definition) is 3. The summed E-state index contributed by atoms with van der Waals surface area (Å²) in [5, 5.41) is 0.688. The van der Waals surface area contributed by atoms with E-state index in [4.69, 9.17) is 20.8 Å². The molecular weight excluding hydrogens is 352 g/mol. The van der Waals surface area contributed by atoms with E-state index in [1.54, 1.807) is 6.92 Å². The quantitative estimate of drug-likeness (QED) is 0.296. The van der Waals surface area contributed by atoms with Crippen molar-refractivity contribution in [3.63, 3.8) is 0 Å². The predicted octanol–water partition coefficient (Wildman–Crippen LogP) is 5.17. The molecule has 136 valence electrons. The fourth-order valence-electron chi connectivity index (χ4n) is 2.17. The molecule has 0 N–H and O–H groups in total. The number of rotatable bonds is 6. The lowest BCUT2D eigenvalue weighted by molar-refractivity contribution is -0.136. The van der Waals surface area contributed by atoms with Gasteiger partial charge < -0.3 is 9.16 Å². The highest BCUT2D eigenvalue weighted by Crippen LogP contribution is 2.28. The molecule has 0 aliphatic heterocycles. The molecule has 0 radical (unpaired) electrons. The maximum atomic E-state index is 11.7. The molecule has 0 aromatic heterocycles. The normalized spacial score (nSPS) is 14.1. The van der Waals surface area contributed by atoms with Crippen LogP contribution in [0.3, 0.4) is 0 Å². The highest BCUT2D eigenvalue weighted by Gasteiger charge is 2.35. The molecule has 1 atom stereocenters. The highest BCUT2D eigenvalue weighted by atomic mass is 35.5. The van der Waals surface area contributed by atoms with E-state index < -0.39 is 19.9 Å². The summed E-state index contributed by atoms with van der Waals surface area (Å²) in [5.74, 6) is 5.14. The van der Waals surface area contributed by atoms with Crippen LogP contribution in [0.5, 0.6) is 0 Å². The molecule has 5 heteroatoms. The minimum Gasteiger partial charge on any atom is -0.456 e. The van der Waals surface area contributed by atoms with Crippen molar-refractivity contribution in [2.75, 3.05) is 6.61 Å². The average molecular weight is 379 g/mol. The number of hydrogen-bond donors (Lipinski definition) is 0. The molecule has 1 aromatic carbocycles. The Morgan fingerprint density at radius 3 is 2.36 bits per heavy atom. The Labute approximate surface area is 157 Å². The molecule has 1 rings (SSSR count). The Balaban J connectivity index is 3.27. The van der Waals surface area contributed by atoms with E-state index in [2.05, 4.69) is 31.5 Å². The Morgan fingerprint density at radius 2 is 1.88 bits per heavy atom. The third-order valence-corrected chi connectivity index (χ3v) is 4.56. The van der Waals surface area contributed by atoms with Crippen LogP contribution in [0.2, 0.25) is 24.7 Å². The number of ether oxygens (including phenoxy) is 1. The van der Waals surface area contributed by atoms with Gasteiger partial charge in [0.2, 0.25) is 0 Å². The maximum Gasteiger partial charge on any atom is 0.384 e. The number of carbonyl (C=O) groups is 1. The van der Waals surface area contributed by atoms with E-state index in [-0.39, 0.29) is 5.92 Å². The summed E-state index contributed by atoms with van der Waals surface area (Å²) in [4.78, 5) is 11.7. The highest BCUT2D eigenvalue weighted by molar-refractivity contribution is 6.69. The van der Waals surface area contributed by atoms with Gasteiger partial charge >= 0.3 is 5.97 Å². The van der Waals surface area contributed by atoms with Crippen molar-refractivity contribution in [2.45, 2.75) is 46.0 Å². The minimum absolute atomic E-state index is 0.0599. The van der Waals surface area contributed by atoms with Crippen LogP contribution >= 0.6 is 11.6 Å². The van der Waals surface area contributed by atoms with Gasteiger partial charge in [-0.2, -0.15) is 0 Å². The molecule has 25 heavy (non-hydrogen) atoms. The Kier molecular flexibility index (Phi) is 7.94. The largest absolute Gasteiger partial charge is 0.456 e. The number of halogens is 1. The van der Waals surface area contributed by atoms with Crippen LogP contribution in [-0.2, 0) is 14.0 Å². The van der Waals surface area contributed by atoms with Gasteiger partial charge in [-0.05, 0) is 56.3 Å². The van der Waals surface area contributed by atoms with Crippen molar-refractivity contribution in [2.24, 2.45) is 5.92 Å². The first-order valence-electron chi connectivity index (χ1n) is 8.43. The zero-order valence-electron chi connectivity index (χ0n) is 15.9. The molecule has 0 spiro atoms. The van der Waals surface area contributed by atoms with Gasteiger partial charge in [0.25, 0.3) is 0 Å². The molecule has 0 aliphatic carbocycles. The van der Waals surface area contributed by atoms with Crippen LogP contribution in [0.1, 0.15) is 26.3 Å². The van der Waals surface area contributed by atoms with E-state index in [1.165, 1.54) is 0 Å². The Bertz CT molecular complexity index is 663. The fourth-order valence-corrected chi connectivity index (χ4v) is 3.67. The lowest BCUT2D eigenvalue weighted by atomic mass is 9.90. The maximum absolute atomic E-state index is 11.7. The Hall–Kier alpha value is -1.54. The predicted molar refractivity (Wildman–Crippen MR) is 107 cm³/mol. The summed E-state index contributed by atoms with van der Waals surface area (Å²) in [6.07, 6.45) is 3.89. The molecule has 0 fully saturated rings. The van der Waals surface area contributed by atoms with Crippen molar-refractivity contribution in [3.8, 4) is 11.8 Å². The van der Waals surface area contributed by atoms with Gasteiger partial charge in [-0.25, -0.2) is 4.79 Å². The molecule has 0 amide bonds. The molecule has 0 saturated heterocycles. The monoisotopic (exact) mass is 378 g/mol. The van der Waals surface area contributed by atoms with Gasteiger partial charge in [0.15, 0.2) is 8.32 Å². The first-order valence-corrected chi connectivity index (χ1v) is 12.2. The second kappa shape index (κ2) is 9.24. The second-order valence-corrected chi connectivity index (χ2v) is 11.9. The first-order chi connectivity index (χ1) is 11.6. The van der Waals surface area contributed by atoms with E-state index in [0.717, 1.165) is 5.56 Å². The second-order valence-electron chi connectivity index (χ2n) is 7.02. The van der Waals surface area contributed by atoms with E-state index >= 15 is 0 Å². The average Bonchev–Trinajstić information content (AvgIpc) is 2.50. The standard InChI is InChI=1S/C20H27ClO3Si/c1-7-23-19(22)13-15-20(16(2)3,24-25(4,5)6)14-12-17-8-10-18(21)11-9-17/h8-12,14,16H,7H2,1-6H3/b14-12+. The zero-order valence-corrected chi connectivity index (χ0v) is 17.6. The molecule has 0 saturated carbocycles. The molecule has 1 unspecified atom stereocenters. The molecule has 0 bridgehead atoms. The van der Waals surface area contributed by atoms with E-state index in [0.29, 0.717) is 11.6 Å². The molecular formula is C20H27ClO3Si. The topological polar surface area (TPSA) is 35.5 Å². The van der Waals surface area contributed by atoms with Crippen LogP contribution in [0.15, 0.2) is 30.3 Å². The van der Waals surface area contributed by atoms with Crippen LogP contribution in [-0.4, -0.2) is 26.5 Å². The smallest absolute Gasteiger partial charge is 0.384 e. The van der Waals surface area contributed by atoms with Gasteiger partial charge in [0.05, 0.1) is 6.61 Å². The van der Waals surface area contributed by atoms with E-state index in [1.807, 2.05) is 50.3 Å². The van der Waals surface area contributed by atoms with Gasteiger partial charge in [-0.1, -0.05) is 49.6 Å². The molecule has 0 aliphatic rings. The SMILES string of the molecule is CCOC(=O)C#CC(/C=C/c1ccc(Cl)cc1)(O[Si](C)(C)C)C(C)C. The van der Waals surface area contributed by atoms with Crippen molar-refractivity contribution in [1.82, 2.24) is 0 Å². The number of esters is 1. The minimum atomic E-state index is -1.92. The summed E-state index contributed by atoms with van der Waals surface area (Å²) in [6, 6.07) is 7.53. The van der Waals surface area contributed by atoms with Gasteiger partial charge in [-0.15, -0.1) is 0 Å². The first kappa shape index (κ1) is 21.5. The lowest BCUT2D eigenvalue weighted by Gasteiger charge is -2.36.